The van der Waals surface area contributed by atoms with E-state index in [1.165, 1.54) is 6.07 Å². The second-order valence-electron chi connectivity index (χ2n) is 4.36. The number of nitrogens with two attached hydrogens (primary N) is 1. The molecular weight excluding hydrogens is 262 g/mol. The third-order valence-electron chi connectivity index (χ3n) is 2.97. The van der Waals surface area contributed by atoms with E-state index in [0.717, 1.165) is 11.1 Å². The molecule has 0 radical (unpaired) electrons. The molecule has 3 N–H and O–H groups in total. The molecule has 1 unspecified atom stereocenters. The molecule has 0 amide bonds. The molecule has 1 atom stereocenters. The molecule has 20 heavy (non-hydrogen) atoms. The number of nitrogens with one attached hydrogen (secondary N) is 1. The Kier molecular flexibility index (Phi) is 5.03. The molecule has 2 aromatic rings. The summed E-state index contributed by atoms with van der Waals surface area (Å²) < 4.78 is 28.8. The van der Waals surface area contributed by atoms with Gasteiger partial charge in [-0.15, -0.1) is 0 Å². The molecule has 0 aliphatic rings. The maximum absolute atomic E-state index is 12.2. The van der Waals surface area contributed by atoms with E-state index < -0.39 is 6.61 Å². The van der Waals surface area contributed by atoms with Crippen LogP contribution in [0.5, 0.6) is 5.75 Å². The van der Waals surface area contributed by atoms with Gasteiger partial charge in [0.25, 0.3) is 0 Å². The van der Waals surface area contributed by atoms with Crippen LogP contribution in [-0.4, -0.2) is 6.61 Å². The number of benzene rings is 2. The van der Waals surface area contributed by atoms with Crippen LogP contribution in [0.15, 0.2) is 54.6 Å². The van der Waals surface area contributed by atoms with Crippen LogP contribution in [0.4, 0.5) is 8.78 Å². The Morgan fingerprint density at radius 2 is 1.80 bits per heavy atom. The van der Waals surface area contributed by atoms with Crippen molar-refractivity contribution in [2.24, 2.45) is 5.84 Å². The first-order valence-electron chi connectivity index (χ1n) is 6.24. The summed E-state index contributed by atoms with van der Waals surface area (Å²) >= 11 is 0. The molecule has 0 aliphatic heterocycles. The summed E-state index contributed by atoms with van der Waals surface area (Å²) in [5.74, 6) is 5.70. The monoisotopic (exact) mass is 278 g/mol. The molecule has 0 aromatic heterocycles. The van der Waals surface area contributed by atoms with Crippen LogP contribution < -0.4 is 16.0 Å². The summed E-state index contributed by atoms with van der Waals surface area (Å²) in [6, 6.07) is 16.2. The van der Waals surface area contributed by atoms with Gasteiger partial charge in [-0.05, 0) is 29.7 Å². The molecular formula is C15H16F2N2O. The lowest BCUT2D eigenvalue weighted by atomic mass is 9.99. The number of alkyl halides is 2. The van der Waals surface area contributed by atoms with Crippen molar-refractivity contribution in [3.05, 3.63) is 65.7 Å². The standard InChI is InChI=1S/C15H16F2N2O/c16-15(17)20-13-8-4-7-12(10-13)14(19-18)9-11-5-2-1-3-6-11/h1-8,10,14-15,19H,9,18H2. The van der Waals surface area contributed by atoms with Gasteiger partial charge in [0.05, 0.1) is 6.04 Å². The van der Waals surface area contributed by atoms with Crippen molar-refractivity contribution in [1.82, 2.24) is 5.43 Å². The molecule has 0 fully saturated rings. The predicted molar refractivity (Wildman–Crippen MR) is 73.3 cm³/mol. The Bertz CT molecular complexity index is 534. The van der Waals surface area contributed by atoms with Crippen molar-refractivity contribution < 1.29 is 13.5 Å². The highest BCUT2D eigenvalue weighted by atomic mass is 19.3. The van der Waals surface area contributed by atoms with Crippen molar-refractivity contribution in [2.75, 3.05) is 0 Å². The number of hydrogen-bond donors (Lipinski definition) is 2. The lowest BCUT2D eigenvalue weighted by Crippen LogP contribution is -2.29. The van der Waals surface area contributed by atoms with Gasteiger partial charge in [-0.3, -0.25) is 11.3 Å². The molecule has 2 rings (SSSR count). The third kappa shape index (κ3) is 4.01. The highest BCUT2D eigenvalue weighted by Gasteiger charge is 2.12. The fourth-order valence-electron chi connectivity index (χ4n) is 2.03. The Morgan fingerprint density at radius 1 is 1.05 bits per heavy atom. The molecule has 0 saturated heterocycles. The summed E-state index contributed by atoms with van der Waals surface area (Å²) in [5, 5.41) is 0. The molecule has 0 heterocycles. The molecule has 0 bridgehead atoms. The largest absolute Gasteiger partial charge is 0.435 e. The molecule has 0 spiro atoms. The summed E-state index contributed by atoms with van der Waals surface area (Å²) in [6.07, 6.45) is 0.662. The van der Waals surface area contributed by atoms with E-state index in [9.17, 15) is 8.78 Å². The lowest BCUT2D eigenvalue weighted by Gasteiger charge is -2.17. The number of hydrazine groups is 1. The van der Waals surface area contributed by atoms with Crippen molar-refractivity contribution >= 4 is 0 Å². The van der Waals surface area contributed by atoms with Crippen LogP contribution >= 0.6 is 0 Å². The number of halogens is 2. The highest BCUT2D eigenvalue weighted by Crippen LogP contribution is 2.23. The minimum absolute atomic E-state index is 0.130. The van der Waals surface area contributed by atoms with E-state index in [1.807, 2.05) is 36.4 Å². The van der Waals surface area contributed by atoms with Crippen LogP contribution in [0.25, 0.3) is 0 Å². The number of rotatable bonds is 6. The summed E-state index contributed by atoms with van der Waals surface area (Å²) in [7, 11) is 0. The first-order chi connectivity index (χ1) is 9.69. The molecule has 5 heteroatoms. The molecule has 106 valence electrons. The topological polar surface area (TPSA) is 47.3 Å². The molecule has 0 aliphatic carbocycles. The quantitative estimate of drug-likeness (QED) is 0.630. The average Bonchev–Trinajstić information content (AvgIpc) is 2.45. The zero-order valence-corrected chi connectivity index (χ0v) is 10.8. The maximum Gasteiger partial charge on any atom is 0.387 e. The normalized spacial score (nSPS) is 12.4. The van der Waals surface area contributed by atoms with Gasteiger partial charge in [0.2, 0.25) is 0 Å². The van der Waals surface area contributed by atoms with Gasteiger partial charge in [0, 0.05) is 0 Å². The Morgan fingerprint density at radius 3 is 2.45 bits per heavy atom. The van der Waals surface area contributed by atoms with Gasteiger partial charge >= 0.3 is 6.61 Å². The van der Waals surface area contributed by atoms with Crippen molar-refractivity contribution in [1.29, 1.82) is 0 Å². The first kappa shape index (κ1) is 14.4. The van der Waals surface area contributed by atoms with Crippen molar-refractivity contribution in [3.8, 4) is 5.75 Å². The number of ether oxygens (including phenoxy) is 1. The van der Waals surface area contributed by atoms with Crippen LogP contribution in [0.3, 0.4) is 0 Å². The van der Waals surface area contributed by atoms with Gasteiger partial charge in [0.1, 0.15) is 5.75 Å². The van der Waals surface area contributed by atoms with Crippen LogP contribution in [-0.2, 0) is 6.42 Å². The second kappa shape index (κ2) is 6.98. The Labute approximate surface area is 116 Å². The Balaban J connectivity index is 2.15. The summed E-state index contributed by atoms with van der Waals surface area (Å²) in [5.41, 5.74) is 4.61. The van der Waals surface area contributed by atoms with Crippen LogP contribution in [0, 0.1) is 0 Å². The first-order valence-corrected chi connectivity index (χ1v) is 6.24. The van der Waals surface area contributed by atoms with Crippen LogP contribution in [0.2, 0.25) is 0 Å². The van der Waals surface area contributed by atoms with Crippen LogP contribution in [0.1, 0.15) is 17.2 Å². The summed E-state index contributed by atoms with van der Waals surface area (Å²) in [6.45, 7) is -2.83. The van der Waals surface area contributed by atoms with E-state index in [2.05, 4.69) is 10.2 Å². The van der Waals surface area contributed by atoms with Gasteiger partial charge in [-0.2, -0.15) is 8.78 Å². The zero-order chi connectivity index (χ0) is 14.4. The van der Waals surface area contributed by atoms with Gasteiger partial charge < -0.3 is 4.74 Å². The van der Waals surface area contributed by atoms with E-state index in [0.29, 0.717) is 6.42 Å². The third-order valence-corrected chi connectivity index (χ3v) is 2.97. The fraction of sp³-hybridized carbons (Fsp3) is 0.200. The van der Waals surface area contributed by atoms with E-state index in [1.54, 1.807) is 12.1 Å². The predicted octanol–water partition coefficient (Wildman–Crippen LogP) is 3.04. The van der Waals surface area contributed by atoms with Gasteiger partial charge in [-0.25, -0.2) is 0 Å². The zero-order valence-electron chi connectivity index (χ0n) is 10.8. The second-order valence-corrected chi connectivity index (χ2v) is 4.36. The summed E-state index contributed by atoms with van der Waals surface area (Å²) in [4.78, 5) is 0. The number of hydrogen-bond acceptors (Lipinski definition) is 3. The smallest absolute Gasteiger partial charge is 0.387 e. The SMILES string of the molecule is NNC(Cc1ccccc1)c1cccc(OC(F)F)c1. The average molecular weight is 278 g/mol. The highest BCUT2D eigenvalue weighted by molar-refractivity contribution is 5.32. The van der Waals surface area contributed by atoms with Crippen molar-refractivity contribution in [2.45, 2.75) is 19.1 Å². The fourth-order valence-corrected chi connectivity index (χ4v) is 2.03. The van der Waals surface area contributed by atoms with Crippen molar-refractivity contribution in [3.63, 3.8) is 0 Å². The van der Waals surface area contributed by atoms with E-state index in [4.69, 9.17) is 5.84 Å². The van der Waals surface area contributed by atoms with Gasteiger partial charge in [0.15, 0.2) is 0 Å². The molecule has 0 saturated carbocycles. The van der Waals surface area contributed by atoms with Gasteiger partial charge in [-0.1, -0.05) is 42.5 Å². The molecule has 2 aromatic carbocycles. The van der Waals surface area contributed by atoms with E-state index in [-0.39, 0.29) is 11.8 Å². The molecule has 3 nitrogen and oxygen atoms in total. The Hall–Kier alpha value is -1.98. The maximum atomic E-state index is 12.2. The van der Waals surface area contributed by atoms with E-state index >= 15 is 0 Å². The lowest BCUT2D eigenvalue weighted by molar-refractivity contribution is -0.0499. The minimum Gasteiger partial charge on any atom is -0.435 e. The minimum atomic E-state index is -2.83.